The summed E-state index contributed by atoms with van der Waals surface area (Å²) in [5.74, 6) is -1.61. The molecule has 0 aromatic rings. The molecule has 0 fully saturated rings. The van der Waals surface area contributed by atoms with E-state index in [0.29, 0.717) is 18.9 Å². The van der Waals surface area contributed by atoms with Crippen LogP contribution in [-0.2, 0) is 13.3 Å². The third-order valence-corrected chi connectivity index (χ3v) is 9.11. The van der Waals surface area contributed by atoms with Gasteiger partial charge in [0, 0.05) is 33.1 Å². The second-order valence-corrected chi connectivity index (χ2v) is 11.8. The van der Waals surface area contributed by atoms with Gasteiger partial charge in [0.2, 0.25) is 5.85 Å². The summed E-state index contributed by atoms with van der Waals surface area (Å²) >= 11 is 0. The van der Waals surface area contributed by atoms with Crippen LogP contribution in [0.15, 0.2) is 0 Å². The van der Waals surface area contributed by atoms with Crippen LogP contribution in [0, 0.1) is 0 Å². The second-order valence-electron chi connectivity index (χ2n) is 8.92. The predicted octanol–water partition coefficient (Wildman–Crippen LogP) is 8.98. The summed E-state index contributed by atoms with van der Waals surface area (Å²) in [4.78, 5) is 0. The van der Waals surface area contributed by atoms with Crippen molar-refractivity contribution in [2.45, 2.75) is 148 Å². The van der Waals surface area contributed by atoms with Crippen molar-refractivity contribution in [3.05, 3.63) is 0 Å². The van der Waals surface area contributed by atoms with Crippen molar-refractivity contribution < 1.29 is 17.7 Å². The number of hydrogen-bond donors (Lipinski definition) is 0. The Bertz CT molecular complexity index is 366. The molecule has 5 heteroatoms. The lowest BCUT2D eigenvalue weighted by molar-refractivity contribution is -0.123. The van der Waals surface area contributed by atoms with Gasteiger partial charge >= 0.3 is 8.80 Å². The number of rotatable bonds is 23. The number of alkyl halides is 1. The summed E-state index contributed by atoms with van der Waals surface area (Å²) < 4.78 is 33.2. The fraction of sp³-hybridized carbons (Fsp3) is 1.00. The Hall–Kier alpha value is 0.0269. The van der Waals surface area contributed by atoms with Crippen LogP contribution >= 0.6 is 0 Å². The van der Waals surface area contributed by atoms with Crippen molar-refractivity contribution in [1.29, 1.82) is 0 Å². The Morgan fingerprint density at radius 2 is 0.933 bits per heavy atom. The summed E-state index contributed by atoms with van der Waals surface area (Å²) in [5, 5.41) is 0. The molecule has 1 atom stereocenters. The zero-order chi connectivity index (χ0) is 22.6. The standard InChI is InChI=1S/C25H53FO3Si/c1-6-9-11-13-14-15-16-17-19-21-23-25(26,22-20-18-12-10-7-2)29-30(27-4,28-5)24-8-3/h6-24H2,1-5H3. The van der Waals surface area contributed by atoms with Gasteiger partial charge in [-0.1, -0.05) is 111 Å². The van der Waals surface area contributed by atoms with Gasteiger partial charge in [0.15, 0.2) is 0 Å². The topological polar surface area (TPSA) is 27.7 Å². The molecule has 30 heavy (non-hydrogen) atoms. The first-order chi connectivity index (χ1) is 14.5. The van der Waals surface area contributed by atoms with Gasteiger partial charge in [0.25, 0.3) is 0 Å². The highest BCUT2D eigenvalue weighted by Gasteiger charge is 2.46. The van der Waals surface area contributed by atoms with Gasteiger partial charge in [0.05, 0.1) is 0 Å². The van der Waals surface area contributed by atoms with Gasteiger partial charge in [-0.3, -0.25) is 0 Å². The van der Waals surface area contributed by atoms with Crippen LogP contribution in [0.3, 0.4) is 0 Å². The molecule has 0 aromatic heterocycles. The number of halogens is 1. The molecule has 1 unspecified atom stereocenters. The maximum absolute atomic E-state index is 15.9. The van der Waals surface area contributed by atoms with E-state index in [2.05, 4.69) is 20.8 Å². The predicted molar refractivity (Wildman–Crippen MR) is 130 cm³/mol. The Balaban J connectivity index is 4.44. The zero-order valence-electron chi connectivity index (χ0n) is 21.0. The molecule has 0 saturated heterocycles. The molecule has 0 aliphatic carbocycles. The van der Waals surface area contributed by atoms with Crippen molar-refractivity contribution in [1.82, 2.24) is 0 Å². The van der Waals surface area contributed by atoms with Gasteiger partial charge in [0.1, 0.15) is 0 Å². The Labute approximate surface area is 189 Å². The van der Waals surface area contributed by atoms with Crippen LogP contribution in [0.5, 0.6) is 0 Å². The number of unbranched alkanes of at least 4 members (excludes halogenated alkanes) is 13. The van der Waals surface area contributed by atoms with Crippen molar-refractivity contribution in [3.63, 3.8) is 0 Å². The molecule has 0 rings (SSSR count). The molecule has 0 amide bonds. The lowest BCUT2D eigenvalue weighted by Gasteiger charge is -2.35. The monoisotopic (exact) mass is 448 g/mol. The molecule has 0 heterocycles. The van der Waals surface area contributed by atoms with E-state index in [-0.39, 0.29) is 0 Å². The minimum absolute atomic E-state index is 0.458. The van der Waals surface area contributed by atoms with Crippen molar-refractivity contribution >= 4 is 8.80 Å². The Kier molecular flexibility index (Phi) is 19.7. The van der Waals surface area contributed by atoms with Gasteiger partial charge in [-0.2, -0.15) is 0 Å². The van der Waals surface area contributed by atoms with Crippen LogP contribution in [-0.4, -0.2) is 28.9 Å². The van der Waals surface area contributed by atoms with Gasteiger partial charge in [-0.15, -0.1) is 0 Å². The molecule has 0 aliphatic rings. The molecule has 0 N–H and O–H groups in total. The summed E-state index contributed by atoms with van der Waals surface area (Å²) in [6.45, 7) is 6.53. The van der Waals surface area contributed by atoms with E-state index in [1.807, 2.05) is 0 Å². The van der Waals surface area contributed by atoms with E-state index in [1.54, 1.807) is 14.2 Å². The molecule has 182 valence electrons. The van der Waals surface area contributed by atoms with Crippen molar-refractivity contribution in [3.8, 4) is 0 Å². The highest BCUT2D eigenvalue weighted by atomic mass is 28.4. The number of hydrogen-bond acceptors (Lipinski definition) is 3. The van der Waals surface area contributed by atoms with E-state index in [9.17, 15) is 0 Å². The summed E-state index contributed by atoms with van der Waals surface area (Å²) in [6, 6.07) is 0.666. The van der Waals surface area contributed by atoms with Crippen molar-refractivity contribution in [2.24, 2.45) is 0 Å². The molecule has 0 spiro atoms. The first kappa shape index (κ1) is 30.0. The quantitative estimate of drug-likeness (QED) is 0.115. The summed E-state index contributed by atoms with van der Waals surface area (Å²) in [6.07, 6.45) is 19.9. The SMILES string of the molecule is CCCCCCCCCCCCC(F)(CCCCCCC)O[Si](CCC)(OC)OC. The Morgan fingerprint density at radius 1 is 0.567 bits per heavy atom. The lowest BCUT2D eigenvalue weighted by atomic mass is 10.00. The molecule has 0 radical (unpaired) electrons. The van der Waals surface area contributed by atoms with Crippen LogP contribution < -0.4 is 0 Å². The minimum Gasteiger partial charge on any atom is -0.377 e. The zero-order valence-corrected chi connectivity index (χ0v) is 22.0. The normalized spacial score (nSPS) is 14.2. The highest BCUT2D eigenvalue weighted by Crippen LogP contribution is 2.34. The van der Waals surface area contributed by atoms with Gasteiger partial charge in [-0.05, 0) is 12.8 Å². The molecular weight excluding hydrogens is 395 g/mol. The van der Waals surface area contributed by atoms with E-state index in [4.69, 9.17) is 13.3 Å². The third-order valence-electron chi connectivity index (χ3n) is 6.07. The third kappa shape index (κ3) is 14.9. The van der Waals surface area contributed by atoms with Crippen molar-refractivity contribution in [2.75, 3.05) is 14.2 Å². The van der Waals surface area contributed by atoms with Gasteiger partial charge in [-0.25, -0.2) is 4.39 Å². The second kappa shape index (κ2) is 19.7. The van der Waals surface area contributed by atoms with E-state index < -0.39 is 14.7 Å². The lowest BCUT2D eigenvalue weighted by Crippen LogP contribution is -2.50. The van der Waals surface area contributed by atoms with E-state index in [1.165, 1.54) is 70.6 Å². The first-order valence-corrected chi connectivity index (χ1v) is 14.9. The molecule has 3 nitrogen and oxygen atoms in total. The average Bonchev–Trinajstić information content (AvgIpc) is 2.74. The van der Waals surface area contributed by atoms with Crippen LogP contribution in [0.25, 0.3) is 0 Å². The summed E-state index contributed by atoms with van der Waals surface area (Å²) in [5.41, 5.74) is 0. The molecule has 0 aliphatic heterocycles. The Morgan fingerprint density at radius 3 is 1.27 bits per heavy atom. The smallest absolute Gasteiger partial charge is 0.377 e. The summed E-state index contributed by atoms with van der Waals surface area (Å²) in [7, 11) is 0.283. The molecule has 0 bridgehead atoms. The van der Waals surface area contributed by atoms with Crippen LogP contribution in [0.1, 0.15) is 136 Å². The van der Waals surface area contributed by atoms with E-state index in [0.717, 1.165) is 32.1 Å². The highest BCUT2D eigenvalue weighted by molar-refractivity contribution is 6.60. The maximum Gasteiger partial charge on any atom is 0.502 e. The van der Waals surface area contributed by atoms with Crippen LogP contribution in [0.2, 0.25) is 6.04 Å². The molecular formula is C25H53FO3Si. The largest absolute Gasteiger partial charge is 0.502 e. The fourth-order valence-electron chi connectivity index (χ4n) is 4.10. The average molecular weight is 449 g/mol. The van der Waals surface area contributed by atoms with Crippen LogP contribution in [0.4, 0.5) is 4.39 Å². The van der Waals surface area contributed by atoms with E-state index >= 15 is 4.39 Å². The van der Waals surface area contributed by atoms with Gasteiger partial charge < -0.3 is 13.3 Å². The maximum atomic E-state index is 15.9. The first-order valence-electron chi connectivity index (χ1n) is 13.0. The molecule has 0 saturated carbocycles. The minimum atomic E-state index is -2.93. The fourth-order valence-corrected chi connectivity index (χ4v) is 6.32. The molecule has 0 aromatic carbocycles.